The third kappa shape index (κ3) is 3.59. The molecule has 1 rings (SSSR count). The lowest BCUT2D eigenvalue weighted by Gasteiger charge is -2.10. The van der Waals surface area contributed by atoms with Crippen LogP contribution in [0.2, 0.25) is 0 Å². The summed E-state index contributed by atoms with van der Waals surface area (Å²) in [6, 6.07) is 0.382. The van der Waals surface area contributed by atoms with Crippen LogP contribution in [0.25, 0.3) is 0 Å². The largest absolute Gasteiger partial charge is 0.385 e. The first kappa shape index (κ1) is 11.4. The normalized spacial score (nSPS) is 12.8. The van der Waals surface area contributed by atoms with Crippen LogP contribution in [-0.2, 0) is 11.2 Å². The molecule has 1 aromatic rings. The van der Waals surface area contributed by atoms with Crippen molar-refractivity contribution in [3.63, 3.8) is 0 Å². The molecule has 80 valence electrons. The highest BCUT2D eigenvalue weighted by molar-refractivity contribution is 7.15. The standard InChI is InChI=1S/C9H17N3OS/c1-4-8-11-12-9(14-8)10-7(2)5-6-13-3/h7H,4-6H2,1-3H3,(H,10,12). The minimum atomic E-state index is 0.382. The molecule has 0 aliphatic rings. The molecule has 0 aliphatic heterocycles. The zero-order valence-electron chi connectivity index (χ0n) is 8.91. The predicted octanol–water partition coefficient (Wildman–Crippen LogP) is 1.94. The van der Waals surface area contributed by atoms with E-state index < -0.39 is 0 Å². The van der Waals surface area contributed by atoms with Crippen LogP contribution in [0.15, 0.2) is 0 Å². The van der Waals surface area contributed by atoms with Gasteiger partial charge in [0.05, 0.1) is 0 Å². The van der Waals surface area contributed by atoms with E-state index in [1.54, 1.807) is 18.4 Å². The van der Waals surface area contributed by atoms with Gasteiger partial charge in [0, 0.05) is 19.8 Å². The maximum absolute atomic E-state index is 5.00. The Kier molecular flexibility index (Phi) is 4.82. The Morgan fingerprint density at radius 2 is 2.29 bits per heavy atom. The number of nitrogens with one attached hydrogen (secondary N) is 1. The number of hydrogen-bond acceptors (Lipinski definition) is 5. The Morgan fingerprint density at radius 1 is 1.50 bits per heavy atom. The lowest BCUT2D eigenvalue weighted by atomic mass is 10.2. The van der Waals surface area contributed by atoms with Crippen molar-refractivity contribution in [3.8, 4) is 0 Å². The molecule has 4 nitrogen and oxygen atoms in total. The highest BCUT2D eigenvalue weighted by atomic mass is 32.1. The van der Waals surface area contributed by atoms with Gasteiger partial charge in [0.1, 0.15) is 5.01 Å². The molecule has 0 saturated carbocycles. The van der Waals surface area contributed by atoms with Gasteiger partial charge in [0.15, 0.2) is 0 Å². The summed E-state index contributed by atoms with van der Waals surface area (Å²) in [6.07, 6.45) is 1.93. The molecule has 14 heavy (non-hydrogen) atoms. The number of anilines is 1. The Hall–Kier alpha value is -0.680. The maximum atomic E-state index is 5.00. The number of rotatable bonds is 6. The second-order valence-corrected chi connectivity index (χ2v) is 4.24. The number of aryl methyl sites for hydroxylation is 1. The minimum Gasteiger partial charge on any atom is -0.385 e. The van der Waals surface area contributed by atoms with Gasteiger partial charge >= 0.3 is 0 Å². The molecule has 0 fully saturated rings. The quantitative estimate of drug-likeness (QED) is 0.787. The molecule has 0 saturated heterocycles. The molecule has 1 unspecified atom stereocenters. The second kappa shape index (κ2) is 5.93. The van der Waals surface area contributed by atoms with E-state index in [-0.39, 0.29) is 0 Å². The van der Waals surface area contributed by atoms with Crippen LogP contribution in [0.3, 0.4) is 0 Å². The number of nitrogens with zero attached hydrogens (tertiary/aromatic N) is 2. The predicted molar refractivity (Wildman–Crippen MR) is 58.9 cm³/mol. The van der Waals surface area contributed by atoms with E-state index in [1.807, 2.05) is 0 Å². The molecule has 0 aromatic carbocycles. The van der Waals surface area contributed by atoms with Gasteiger partial charge in [0.25, 0.3) is 0 Å². The Bertz CT molecular complexity index is 264. The Morgan fingerprint density at radius 3 is 2.86 bits per heavy atom. The van der Waals surface area contributed by atoms with Crippen molar-refractivity contribution < 1.29 is 4.74 Å². The number of hydrogen-bond donors (Lipinski definition) is 1. The van der Waals surface area contributed by atoms with Crippen molar-refractivity contribution in [2.75, 3.05) is 19.0 Å². The monoisotopic (exact) mass is 215 g/mol. The Labute approximate surface area is 88.7 Å². The highest BCUT2D eigenvalue weighted by Gasteiger charge is 2.05. The summed E-state index contributed by atoms with van der Waals surface area (Å²) in [5.74, 6) is 0. The smallest absolute Gasteiger partial charge is 0.205 e. The third-order valence-electron chi connectivity index (χ3n) is 1.89. The van der Waals surface area contributed by atoms with Gasteiger partial charge in [-0.2, -0.15) is 0 Å². The van der Waals surface area contributed by atoms with Crippen LogP contribution in [0.5, 0.6) is 0 Å². The number of aromatic nitrogens is 2. The summed E-state index contributed by atoms with van der Waals surface area (Å²) >= 11 is 1.62. The first-order chi connectivity index (χ1) is 6.76. The minimum absolute atomic E-state index is 0.382. The molecular weight excluding hydrogens is 198 g/mol. The van der Waals surface area contributed by atoms with Gasteiger partial charge in [-0.15, -0.1) is 10.2 Å². The van der Waals surface area contributed by atoms with E-state index in [9.17, 15) is 0 Å². The van der Waals surface area contributed by atoms with Gasteiger partial charge < -0.3 is 10.1 Å². The van der Waals surface area contributed by atoms with Crippen LogP contribution < -0.4 is 5.32 Å². The van der Waals surface area contributed by atoms with E-state index >= 15 is 0 Å². The van der Waals surface area contributed by atoms with Gasteiger partial charge in [-0.1, -0.05) is 18.3 Å². The van der Waals surface area contributed by atoms with E-state index in [0.29, 0.717) is 6.04 Å². The SMILES string of the molecule is CCc1nnc(NC(C)CCOC)s1. The lowest BCUT2D eigenvalue weighted by Crippen LogP contribution is -2.16. The number of ether oxygens (including phenoxy) is 1. The maximum Gasteiger partial charge on any atom is 0.205 e. The van der Waals surface area contributed by atoms with E-state index in [2.05, 4.69) is 29.4 Å². The summed E-state index contributed by atoms with van der Waals surface area (Å²) in [7, 11) is 1.72. The van der Waals surface area contributed by atoms with E-state index in [0.717, 1.165) is 29.6 Å². The first-order valence-corrected chi connectivity index (χ1v) is 5.65. The van der Waals surface area contributed by atoms with Gasteiger partial charge in [0.2, 0.25) is 5.13 Å². The molecule has 1 heterocycles. The van der Waals surface area contributed by atoms with Crippen LogP contribution in [-0.4, -0.2) is 30.0 Å². The summed E-state index contributed by atoms with van der Waals surface area (Å²) in [5, 5.41) is 13.4. The van der Waals surface area contributed by atoms with Crippen molar-refractivity contribution in [1.82, 2.24) is 10.2 Å². The zero-order valence-corrected chi connectivity index (χ0v) is 9.73. The molecule has 0 bridgehead atoms. The molecule has 0 radical (unpaired) electrons. The fourth-order valence-corrected chi connectivity index (χ4v) is 1.82. The second-order valence-electron chi connectivity index (χ2n) is 3.18. The lowest BCUT2D eigenvalue weighted by molar-refractivity contribution is 0.191. The molecule has 1 aromatic heterocycles. The first-order valence-electron chi connectivity index (χ1n) is 4.84. The molecule has 5 heteroatoms. The van der Waals surface area contributed by atoms with Crippen LogP contribution in [0.1, 0.15) is 25.3 Å². The van der Waals surface area contributed by atoms with Gasteiger partial charge in [-0.25, -0.2) is 0 Å². The van der Waals surface area contributed by atoms with Gasteiger partial charge in [-0.05, 0) is 19.8 Å². The molecule has 0 aliphatic carbocycles. The van der Waals surface area contributed by atoms with Crippen molar-refractivity contribution in [1.29, 1.82) is 0 Å². The van der Waals surface area contributed by atoms with Crippen LogP contribution in [0.4, 0.5) is 5.13 Å². The zero-order chi connectivity index (χ0) is 10.4. The van der Waals surface area contributed by atoms with Crippen molar-refractivity contribution >= 4 is 16.5 Å². The molecule has 1 atom stereocenters. The molecular formula is C9H17N3OS. The van der Waals surface area contributed by atoms with E-state index in [4.69, 9.17) is 4.74 Å². The molecule has 1 N–H and O–H groups in total. The van der Waals surface area contributed by atoms with Crippen molar-refractivity contribution in [3.05, 3.63) is 5.01 Å². The summed E-state index contributed by atoms with van der Waals surface area (Å²) in [6.45, 7) is 4.97. The average molecular weight is 215 g/mol. The summed E-state index contributed by atoms with van der Waals surface area (Å²) in [5.41, 5.74) is 0. The van der Waals surface area contributed by atoms with Crippen LogP contribution >= 0.6 is 11.3 Å². The Balaban J connectivity index is 2.35. The van der Waals surface area contributed by atoms with Gasteiger partial charge in [-0.3, -0.25) is 0 Å². The van der Waals surface area contributed by atoms with Crippen molar-refractivity contribution in [2.24, 2.45) is 0 Å². The highest BCUT2D eigenvalue weighted by Crippen LogP contribution is 2.16. The third-order valence-corrected chi connectivity index (χ3v) is 2.89. The van der Waals surface area contributed by atoms with E-state index in [1.165, 1.54) is 0 Å². The summed E-state index contributed by atoms with van der Waals surface area (Å²) in [4.78, 5) is 0. The summed E-state index contributed by atoms with van der Waals surface area (Å²) < 4.78 is 5.00. The fourth-order valence-electron chi connectivity index (χ4n) is 1.03. The number of methoxy groups -OCH3 is 1. The fraction of sp³-hybridized carbons (Fsp3) is 0.778. The average Bonchev–Trinajstić information content (AvgIpc) is 2.62. The topological polar surface area (TPSA) is 47.0 Å². The molecule has 0 amide bonds. The van der Waals surface area contributed by atoms with Crippen molar-refractivity contribution in [2.45, 2.75) is 32.7 Å². The molecule has 0 spiro atoms. The van der Waals surface area contributed by atoms with Crippen LogP contribution in [0, 0.1) is 0 Å².